The van der Waals surface area contributed by atoms with Gasteiger partial charge in [-0.1, -0.05) is 38.0 Å². The van der Waals surface area contributed by atoms with E-state index in [4.69, 9.17) is 0 Å². The number of guanidine groups is 1. The van der Waals surface area contributed by atoms with Gasteiger partial charge in [0.25, 0.3) is 0 Å². The molecule has 1 aromatic rings. The van der Waals surface area contributed by atoms with Crippen LogP contribution in [-0.2, 0) is 4.79 Å². The summed E-state index contributed by atoms with van der Waals surface area (Å²) >= 11 is 1.83. The van der Waals surface area contributed by atoms with E-state index in [0.29, 0.717) is 24.3 Å². The topological polar surface area (TPSA) is 65.5 Å². The van der Waals surface area contributed by atoms with Crippen LogP contribution in [-0.4, -0.2) is 43.3 Å². The molecule has 1 unspecified atom stereocenters. The molecule has 138 valence electrons. The van der Waals surface area contributed by atoms with Gasteiger partial charge in [0.2, 0.25) is 5.91 Å². The Labute approximate surface area is 155 Å². The third-order valence-electron chi connectivity index (χ3n) is 4.23. The van der Waals surface area contributed by atoms with E-state index in [1.54, 1.807) is 7.05 Å². The number of carbonyl (C=O) groups is 1. The maximum atomic E-state index is 11.9. The zero-order valence-electron chi connectivity index (χ0n) is 15.3. The third kappa shape index (κ3) is 7.82. The molecule has 1 saturated carbocycles. The van der Waals surface area contributed by atoms with E-state index in [1.165, 1.54) is 17.7 Å². The first-order chi connectivity index (χ1) is 12.2. The lowest BCUT2D eigenvalue weighted by molar-refractivity contribution is -0.121. The van der Waals surface area contributed by atoms with Crippen LogP contribution < -0.4 is 16.0 Å². The average Bonchev–Trinajstić information content (AvgIpc) is 3.11. The number of benzene rings is 1. The zero-order chi connectivity index (χ0) is 17.9. The highest BCUT2D eigenvalue weighted by Gasteiger charge is 2.16. The minimum atomic E-state index is 0.128. The van der Waals surface area contributed by atoms with Crippen LogP contribution >= 0.6 is 11.8 Å². The van der Waals surface area contributed by atoms with E-state index >= 15 is 0 Å². The minimum Gasteiger partial charge on any atom is -0.356 e. The van der Waals surface area contributed by atoms with Gasteiger partial charge < -0.3 is 16.0 Å². The molecule has 1 amide bonds. The van der Waals surface area contributed by atoms with Crippen molar-refractivity contribution in [1.29, 1.82) is 0 Å². The van der Waals surface area contributed by atoms with Crippen molar-refractivity contribution in [3.05, 3.63) is 30.3 Å². The van der Waals surface area contributed by atoms with Gasteiger partial charge >= 0.3 is 0 Å². The summed E-state index contributed by atoms with van der Waals surface area (Å²) < 4.78 is 0. The molecular formula is C19H30N4OS. The number of thioether (sulfide) groups is 1. The molecule has 0 aliphatic heterocycles. The fourth-order valence-electron chi connectivity index (χ4n) is 2.90. The van der Waals surface area contributed by atoms with Crippen LogP contribution in [0.25, 0.3) is 0 Å². The van der Waals surface area contributed by atoms with Crippen molar-refractivity contribution in [3.63, 3.8) is 0 Å². The number of carbonyl (C=O) groups excluding carboxylic acids is 1. The van der Waals surface area contributed by atoms with Crippen LogP contribution in [0, 0.1) is 0 Å². The van der Waals surface area contributed by atoms with Crippen molar-refractivity contribution in [2.75, 3.05) is 20.1 Å². The van der Waals surface area contributed by atoms with Gasteiger partial charge in [0.15, 0.2) is 5.96 Å². The van der Waals surface area contributed by atoms with Crippen molar-refractivity contribution in [1.82, 2.24) is 16.0 Å². The molecule has 1 fully saturated rings. The Hall–Kier alpha value is -1.69. The quantitative estimate of drug-likeness (QED) is 0.378. The summed E-state index contributed by atoms with van der Waals surface area (Å²) in [6.07, 6.45) is 5.20. The van der Waals surface area contributed by atoms with Crippen molar-refractivity contribution in [3.8, 4) is 0 Å². The molecule has 0 bridgehead atoms. The van der Waals surface area contributed by atoms with Crippen molar-refractivity contribution < 1.29 is 4.79 Å². The second kappa shape index (κ2) is 11.0. The van der Waals surface area contributed by atoms with Crippen LogP contribution in [0.1, 0.15) is 39.0 Å². The SMILES string of the molecule is CN=C(NCCC(=O)NC1CCCC1)NCC(C)Sc1ccccc1. The Bertz CT molecular complexity index is 544. The summed E-state index contributed by atoms with van der Waals surface area (Å²) in [7, 11) is 1.75. The van der Waals surface area contributed by atoms with Crippen LogP contribution in [0.15, 0.2) is 40.2 Å². The zero-order valence-corrected chi connectivity index (χ0v) is 16.1. The first-order valence-corrected chi connectivity index (χ1v) is 10.0. The second-order valence-electron chi connectivity index (χ2n) is 6.42. The molecule has 0 saturated heterocycles. The molecule has 0 spiro atoms. The number of nitrogens with one attached hydrogen (secondary N) is 3. The Kier molecular flexibility index (Phi) is 8.66. The maximum Gasteiger partial charge on any atom is 0.221 e. The van der Waals surface area contributed by atoms with Crippen LogP contribution in [0.4, 0.5) is 0 Å². The molecular weight excluding hydrogens is 332 g/mol. The van der Waals surface area contributed by atoms with E-state index in [9.17, 15) is 4.79 Å². The lowest BCUT2D eigenvalue weighted by Gasteiger charge is -2.16. The van der Waals surface area contributed by atoms with Crippen molar-refractivity contribution in [2.24, 2.45) is 4.99 Å². The molecule has 3 N–H and O–H groups in total. The van der Waals surface area contributed by atoms with E-state index in [0.717, 1.165) is 25.3 Å². The third-order valence-corrected chi connectivity index (χ3v) is 5.34. The molecule has 0 aromatic heterocycles. The van der Waals surface area contributed by atoms with Gasteiger partial charge in [0.05, 0.1) is 0 Å². The number of nitrogens with zero attached hydrogens (tertiary/aromatic N) is 1. The van der Waals surface area contributed by atoms with Gasteiger partial charge in [0, 0.05) is 42.7 Å². The Balaban J connectivity index is 1.60. The van der Waals surface area contributed by atoms with E-state index in [1.807, 2.05) is 17.8 Å². The molecule has 0 radical (unpaired) electrons. The lowest BCUT2D eigenvalue weighted by atomic mass is 10.2. The summed E-state index contributed by atoms with van der Waals surface area (Å²) in [5.41, 5.74) is 0. The highest BCUT2D eigenvalue weighted by atomic mass is 32.2. The van der Waals surface area contributed by atoms with Gasteiger partial charge in [0.1, 0.15) is 0 Å². The van der Waals surface area contributed by atoms with E-state index < -0.39 is 0 Å². The molecule has 6 heteroatoms. The highest BCUT2D eigenvalue weighted by molar-refractivity contribution is 8.00. The Morgan fingerprint density at radius 1 is 1.24 bits per heavy atom. The van der Waals surface area contributed by atoms with Gasteiger partial charge in [-0.05, 0) is 25.0 Å². The molecule has 1 aromatic carbocycles. The summed E-state index contributed by atoms with van der Waals surface area (Å²) in [6, 6.07) is 10.8. The number of hydrogen-bond acceptors (Lipinski definition) is 3. The maximum absolute atomic E-state index is 11.9. The smallest absolute Gasteiger partial charge is 0.221 e. The first-order valence-electron chi connectivity index (χ1n) is 9.13. The monoisotopic (exact) mass is 362 g/mol. The molecule has 0 heterocycles. The van der Waals surface area contributed by atoms with Gasteiger partial charge in [-0.15, -0.1) is 11.8 Å². The summed E-state index contributed by atoms with van der Waals surface area (Å²) in [4.78, 5) is 17.4. The van der Waals surface area contributed by atoms with E-state index in [-0.39, 0.29) is 5.91 Å². The Morgan fingerprint density at radius 2 is 1.96 bits per heavy atom. The molecule has 1 aliphatic carbocycles. The van der Waals surface area contributed by atoms with E-state index in [2.05, 4.69) is 52.1 Å². The Morgan fingerprint density at radius 3 is 2.64 bits per heavy atom. The fraction of sp³-hybridized carbons (Fsp3) is 0.579. The van der Waals surface area contributed by atoms with Crippen LogP contribution in [0.3, 0.4) is 0 Å². The number of hydrogen-bond donors (Lipinski definition) is 3. The summed E-state index contributed by atoms with van der Waals surface area (Å²) in [5.74, 6) is 0.872. The van der Waals surface area contributed by atoms with Crippen molar-refractivity contribution in [2.45, 2.75) is 55.2 Å². The van der Waals surface area contributed by atoms with Crippen LogP contribution in [0.2, 0.25) is 0 Å². The van der Waals surface area contributed by atoms with Crippen molar-refractivity contribution >= 4 is 23.6 Å². The molecule has 1 aliphatic rings. The minimum absolute atomic E-state index is 0.128. The first kappa shape index (κ1) is 19.6. The lowest BCUT2D eigenvalue weighted by Crippen LogP contribution is -2.42. The fourth-order valence-corrected chi connectivity index (χ4v) is 3.84. The normalized spacial score (nSPS) is 16.5. The molecule has 1 atom stereocenters. The number of aliphatic imine (C=N–C) groups is 1. The van der Waals surface area contributed by atoms with Crippen LogP contribution in [0.5, 0.6) is 0 Å². The highest BCUT2D eigenvalue weighted by Crippen LogP contribution is 2.21. The standard InChI is InChI=1S/C19H30N4OS/c1-15(25-17-10-4-3-5-11-17)14-22-19(20-2)21-13-12-18(24)23-16-8-6-7-9-16/h3-5,10-11,15-16H,6-9,12-14H2,1-2H3,(H,23,24)(H2,20,21,22). The second-order valence-corrected chi connectivity index (χ2v) is 7.93. The van der Waals surface area contributed by atoms with Gasteiger partial charge in [-0.25, -0.2) is 0 Å². The number of rotatable bonds is 8. The molecule has 2 rings (SSSR count). The predicted octanol–water partition coefficient (Wildman–Crippen LogP) is 2.78. The summed E-state index contributed by atoms with van der Waals surface area (Å²) in [6.45, 7) is 3.60. The predicted molar refractivity (Wildman–Crippen MR) is 106 cm³/mol. The molecule has 25 heavy (non-hydrogen) atoms. The number of amides is 1. The van der Waals surface area contributed by atoms with Gasteiger partial charge in [-0.3, -0.25) is 9.79 Å². The largest absolute Gasteiger partial charge is 0.356 e. The average molecular weight is 363 g/mol. The molecule has 5 nitrogen and oxygen atoms in total. The summed E-state index contributed by atoms with van der Waals surface area (Å²) in [5, 5.41) is 10.1. The van der Waals surface area contributed by atoms with Gasteiger partial charge in [-0.2, -0.15) is 0 Å².